The molecule has 2 rings (SSSR count). The van der Waals surface area contributed by atoms with Crippen molar-refractivity contribution in [2.75, 3.05) is 0 Å². The highest BCUT2D eigenvalue weighted by Gasteiger charge is 2.06. The lowest BCUT2D eigenvalue weighted by atomic mass is 10.2. The van der Waals surface area contributed by atoms with Crippen molar-refractivity contribution in [3.05, 3.63) is 47.3 Å². The van der Waals surface area contributed by atoms with Gasteiger partial charge in [-0.05, 0) is 44.2 Å². The van der Waals surface area contributed by atoms with Gasteiger partial charge >= 0.3 is 5.97 Å². The zero-order valence-corrected chi connectivity index (χ0v) is 11.8. The number of hydrogen-bond acceptors (Lipinski definition) is 3. The second kappa shape index (κ2) is 5.93. The normalized spacial score (nSPS) is 10.6. The number of carbonyl (C=O) groups is 1. The quantitative estimate of drug-likeness (QED) is 0.852. The van der Waals surface area contributed by atoms with Crippen LogP contribution < -0.4 is 0 Å². The monoisotopic (exact) mass is 276 g/mol. The molecular formula is C14H16N2O2S. The molecule has 0 aliphatic heterocycles. The highest BCUT2D eigenvalue weighted by molar-refractivity contribution is 7.98. The van der Waals surface area contributed by atoms with Gasteiger partial charge in [0.05, 0.1) is 11.3 Å². The maximum Gasteiger partial charge on any atom is 0.335 e. The first-order valence-corrected chi connectivity index (χ1v) is 7.08. The Bertz CT molecular complexity index is 576. The number of hydrogen-bond donors (Lipinski definition) is 1. The Kier molecular flexibility index (Phi) is 4.27. The predicted molar refractivity (Wildman–Crippen MR) is 75.6 cm³/mol. The number of aromatic nitrogens is 2. The third-order valence-corrected chi connectivity index (χ3v) is 3.82. The number of carboxylic acids is 1. The van der Waals surface area contributed by atoms with Crippen LogP contribution in [0.4, 0.5) is 0 Å². The van der Waals surface area contributed by atoms with E-state index in [1.165, 1.54) is 5.69 Å². The third kappa shape index (κ3) is 3.38. The molecule has 19 heavy (non-hydrogen) atoms. The van der Waals surface area contributed by atoms with Crippen molar-refractivity contribution in [3.63, 3.8) is 0 Å². The van der Waals surface area contributed by atoms with Crippen LogP contribution in [0.1, 0.15) is 28.7 Å². The summed E-state index contributed by atoms with van der Waals surface area (Å²) in [6.07, 6.45) is 0. The Labute approximate surface area is 116 Å². The van der Waals surface area contributed by atoms with Crippen LogP contribution in [-0.4, -0.2) is 20.9 Å². The molecule has 0 atom stereocenters. The lowest BCUT2D eigenvalue weighted by Gasteiger charge is -2.04. The lowest BCUT2D eigenvalue weighted by molar-refractivity contribution is 0.0697. The van der Waals surface area contributed by atoms with E-state index in [1.54, 1.807) is 23.9 Å². The van der Waals surface area contributed by atoms with E-state index in [9.17, 15) is 4.79 Å². The van der Waals surface area contributed by atoms with Gasteiger partial charge in [0, 0.05) is 22.9 Å². The molecule has 0 fully saturated rings. The first-order chi connectivity index (χ1) is 9.10. The third-order valence-electron chi connectivity index (χ3n) is 2.77. The average molecular weight is 276 g/mol. The maximum atomic E-state index is 10.8. The van der Waals surface area contributed by atoms with Gasteiger partial charge in [0.1, 0.15) is 0 Å². The molecule has 0 unspecified atom stereocenters. The second-order valence-electron chi connectivity index (χ2n) is 4.21. The molecule has 4 nitrogen and oxygen atoms in total. The first kappa shape index (κ1) is 13.7. The van der Waals surface area contributed by atoms with Crippen molar-refractivity contribution in [3.8, 4) is 0 Å². The minimum atomic E-state index is -0.892. The van der Waals surface area contributed by atoms with E-state index in [-0.39, 0.29) is 0 Å². The first-order valence-electron chi connectivity index (χ1n) is 6.09. The van der Waals surface area contributed by atoms with E-state index < -0.39 is 5.97 Å². The van der Waals surface area contributed by atoms with E-state index >= 15 is 0 Å². The van der Waals surface area contributed by atoms with Gasteiger partial charge in [0.15, 0.2) is 0 Å². The Morgan fingerprint density at radius 3 is 2.63 bits per heavy atom. The van der Waals surface area contributed by atoms with Gasteiger partial charge < -0.3 is 5.11 Å². The molecule has 0 aliphatic rings. The smallest absolute Gasteiger partial charge is 0.335 e. The second-order valence-corrected chi connectivity index (χ2v) is 5.26. The Hall–Kier alpha value is -1.75. The zero-order valence-electron chi connectivity index (χ0n) is 11.0. The average Bonchev–Trinajstić information content (AvgIpc) is 2.77. The fraction of sp³-hybridized carbons (Fsp3) is 0.286. The minimum absolute atomic E-state index is 0.318. The molecule has 0 saturated carbocycles. The van der Waals surface area contributed by atoms with Gasteiger partial charge in [0.25, 0.3) is 0 Å². The topological polar surface area (TPSA) is 55.1 Å². The molecule has 5 heteroatoms. The van der Waals surface area contributed by atoms with E-state index in [0.29, 0.717) is 5.56 Å². The fourth-order valence-corrected chi connectivity index (χ4v) is 2.72. The molecule has 0 aliphatic carbocycles. The largest absolute Gasteiger partial charge is 0.478 e. The van der Waals surface area contributed by atoms with Crippen LogP contribution in [0.15, 0.2) is 35.2 Å². The number of thioether (sulfide) groups is 1. The Morgan fingerprint density at radius 2 is 2.05 bits per heavy atom. The fourth-order valence-electron chi connectivity index (χ4n) is 1.84. The van der Waals surface area contributed by atoms with Crippen LogP contribution in [0, 0.1) is 6.92 Å². The molecule has 0 spiro atoms. The van der Waals surface area contributed by atoms with E-state index in [0.717, 1.165) is 22.9 Å². The van der Waals surface area contributed by atoms with E-state index in [4.69, 9.17) is 5.11 Å². The highest BCUT2D eigenvalue weighted by Crippen LogP contribution is 2.23. The summed E-state index contributed by atoms with van der Waals surface area (Å²) < 4.78 is 1.99. The maximum absolute atomic E-state index is 10.8. The molecule has 1 aromatic carbocycles. The van der Waals surface area contributed by atoms with Crippen molar-refractivity contribution in [1.82, 2.24) is 9.78 Å². The number of nitrogens with zero attached hydrogens (tertiary/aromatic N) is 2. The summed E-state index contributed by atoms with van der Waals surface area (Å²) in [4.78, 5) is 11.8. The summed E-state index contributed by atoms with van der Waals surface area (Å²) in [7, 11) is 0. The van der Waals surface area contributed by atoms with Crippen LogP contribution in [0.3, 0.4) is 0 Å². The summed E-state index contributed by atoms with van der Waals surface area (Å²) in [6.45, 7) is 4.92. The van der Waals surface area contributed by atoms with Crippen molar-refractivity contribution in [2.24, 2.45) is 0 Å². The summed E-state index contributed by atoms with van der Waals surface area (Å²) in [5.41, 5.74) is 2.53. The summed E-state index contributed by atoms with van der Waals surface area (Å²) in [5.74, 6) is -0.0580. The summed E-state index contributed by atoms with van der Waals surface area (Å²) in [5, 5.41) is 13.2. The van der Waals surface area contributed by atoms with Crippen LogP contribution in [0.2, 0.25) is 0 Å². The number of aryl methyl sites for hydroxylation is 2. The molecule has 0 saturated heterocycles. The molecule has 0 amide bonds. The summed E-state index contributed by atoms with van der Waals surface area (Å²) in [6, 6.07) is 9.03. The molecule has 0 radical (unpaired) electrons. The Morgan fingerprint density at radius 1 is 1.37 bits per heavy atom. The molecule has 0 bridgehead atoms. The minimum Gasteiger partial charge on any atom is -0.478 e. The van der Waals surface area contributed by atoms with Gasteiger partial charge in [-0.15, -0.1) is 11.8 Å². The van der Waals surface area contributed by atoms with Crippen LogP contribution in [-0.2, 0) is 12.3 Å². The number of carboxylic acid groups (broad SMARTS) is 1. The number of aromatic carboxylic acids is 1. The van der Waals surface area contributed by atoms with Gasteiger partial charge in [-0.25, -0.2) is 4.79 Å². The van der Waals surface area contributed by atoms with E-state index in [1.807, 2.05) is 23.7 Å². The standard InChI is InChI=1S/C14H16N2O2S/c1-3-16-12(8-10(2)15-16)9-19-13-6-4-11(5-7-13)14(17)18/h4-8H,3,9H2,1-2H3,(H,17,18). The van der Waals surface area contributed by atoms with Gasteiger partial charge in [-0.3, -0.25) is 4.68 Å². The predicted octanol–water partition coefficient (Wildman–Crippen LogP) is 3.20. The molecule has 1 N–H and O–H groups in total. The summed E-state index contributed by atoms with van der Waals surface area (Å²) >= 11 is 1.68. The Balaban J connectivity index is 2.03. The van der Waals surface area contributed by atoms with Gasteiger partial charge in [0.2, 0.25) is 0 Å². The van der Waals surface area contributed by atoms with Crippen LogP contribution >= 0.6 is 11.8 Å². The van der Waals surface area contributed by atoms with Crippen molar-refractivity contribution in [2.45, 2.75) is 31.0 Å². The van der Waals surface area contributed by atoms with E-state index in [2.05, 4.69) is 18.1 Å². The highest BCUT2D eigenvalue weighted by atomic mass is 32.2. The van der Waals surface area contributed by atoms with Crippen molar-refractivity contribution < 1.29 is 9.90 Å². The van der Waals surface area contributed by atoms with Crippen LogP contribution in [0.25, 0.3) is 0 Å². The number of rotatable bonds is 5. The van der Waals surface area contributed by atoms with Crippen molar-refractivity contribution in [1.29, 1.82) is 0 Å². The molecule has 1 aromatic heterocycles. The molecular weight excluding hydrogens is 260 g/mol. The number of benzene rings is 1. The molecule has 1 heterocycles. The van der Waals surface area contributed by atoms with Gasteiger partial charge in [-0.2, -0.15) is 5.10 Å². The van der Waals surface area contributed by atoms with Crippen molar-refractivity contribution >= 4 is 17.7 Å². The molecule has 100 valence electrons. The SMILES string of the molecule is CCn1nc(C)cc1CSc1ccc(C(=O)O)cc1. The molecule has 2 aromatic rings. The van der Waals surface area contributed by atoms with Crippen LogP contribution in [0.5, 0.6) is 0 Å². The zero-order chi connectivity index (χ0) is 13.8. The van der Waals surface area contributed by atoms with Gasteiger partial charge in [-0.1, -0.05) is 0 Å². The lowest BCUT2D eigenvalue weighted by Crippen LogP contribution is -2.01.